The molecule has 1 aliphatic heterocycles. The Morgan fingerprint density at radius 2 is 1.90 bits per heavy atom. The number of benzene rings is 1. The van der Waals surface area contributed by atoms with Crippen molar-refractivity contribution in [3.8, 4) is 0 Å². The molecule has 0 spiro atoms. The molecule has 0 aromatic heterocycles. The van der Waals surface area contributed by atoms with Gasteiger partial charge in [0, 0.05) is 12.6 Å². The molecule has 1 aliphatic rings. The molecular formula is C17H26N2O2. The van der Waals surface area contributed by atoms with E-state index in [9.17, 15) is 4.79 Å². The molecule has 2 rings (SSSR count). The number of hydrogen-bond donors (Lipinski definition) is 1. The highest BCUT2D eigenvalue weighted by molar-refractivity contribution is 5.87. The number of likely N-dealkylation sites (tertiary alicyclic amines) is 1. The molecule has 0 saturated carbocycles. The average Bonchev–Trinajstić information content (AvgIpc) is 2.49. The molecule has 4 heteroatoms. The number of carbonyl (C=O) groups is 1. The zero-order chi connectivity index (χ0) is 15.2. The molecule has 1 saturated heterocycles. The summed E-state index contributed by atoms with van der Waals surface area (Å²) < 4.78 is 0. The average molecular weight is 290 g/mol. The van der Waals surface area contributed by atoms with Gasteiger partial charge in [0.25, 0.3) is 0 Å². The van der Waals surface area contributed by atoms with Crippen LogP contribution in [0.15, 0.2) is 24.3 Å². The molecule has 0 aliphatic carbocycles. The lowest BCUT2D eigenvalue weighted by molar-refractivity contribution is 0.0697. The number of carboxylic acids is 1. The third kappa shape index (κ3) is 4.55. The fourth-order valence-corrected chi connectivity index (χ4v) is 3.07. The van der Waals surface area contributed by atoms with Gasteiger partial charge in [-0.15, -0.1) is 0 Å². The summed E-state index contributed by atoms with van der Waals surface area (Å²) in [7, 11) is 2.17. The Morgan fingerprint density at radius 3 is 2.43 bits per heavy atom. The second-order valence-corrected chi connectivity index (χ2v) is 5.99. The Labute approximate surface area is 127 Å². The lowest BCUT2D eigenvalue weighted by Gasteiger charge is -2.36. The van der Waals surface area contributed by atoms with E-state index in [0.717, 1.165) is 6.54 Å². The molecule has 1 heterocycles. The van der Waals surface area contributed by atoms with E-state index in [1.165, 1.54) is 44.5 Å². The van der Waals surface area contributed by atoms with Gasteiger partial charge in [-0.3, -0.25) is 4.90 Å². The highest BCUT2D eigenvalue weighted by Gasteiger charge is 2.21. The molecule has 0 atom stereocenters. The summed E-state index contributed by atoms with van der Waals surface area (Å²) >= 11 is 0. The summed E-state index contributed by atoms with van der Waals surface area (Å²) in [5, 5.41) is 8.91. The van der Waals surface area contributed by atoms with Crippen LogP contribution >= 0.6 is 0 Å². The third-order valence-electron chi connectivity index (χ3n) is 4.35. The van der Waals surface area contributed by atoms with Crippen molar-refractivity contribution in [2.75, 3.05) is 26.7 Å². The largest absolute Gasteiger partial charge is 0.478 e. The van der Waals surface area contributed by atoms with E-state index < -0.39 is 5.97 Å². The van der Waals surface area contributed by atoms with Crippen LogP contribution in [0.2, 0.25) is 0 Å². The van der Waals surface area contributed by atoms with Crippen LogP contribution in [0.5, 0.6) is 0 Å². The zero-order valence-electron chi connectivity index (χ0n) is 13.1. The van der Waals surface area contributed by atoms with Crippen molar-refractivity contribution in [1.82, 2.24) is 9.80 Å². The number of hydrogen-bond acceptors (Lipinski definition) is 3. The zero-order valence-corrected chi connectivity index (χ0v) is 13.1. The number of nitrogens with zero attached hydrogens (tertiary/aromatic N) is 2. The van der Waals surface area contributed by atoms with Crippen LogP contribution in [0.25, 0.3) is 0 Å². The lowest BCUT2D eigenvalue weighted by atomic mass is 10.0. The van der Waals surface area contributed by atoms with E-state index in [0.29, 0.717) is 11.6 Å². The van der Waals surface area contributed by atoms with Crippen molar-refractivity contribution in [3.63, 3.8) is 0 Å². The molecule has 0 unspecified atom stereocenters. The molecule has 4 nitrogen and oxygen atoms in total. The number of piperidine rings is 1. The van der Waals surface area contributed by atoms with Crippen molar-refractivity contribution in [3.05, 3.63) is 35.4 Å². The van der Waals surface area contributed by atoms with Crippen LogP contribution in [0, 0.1) is 0 Å². The summed E-state index contributed by atoms with van der Waals surface area (Å²) in [5.41, 5.74) is 1.53. The topological polar surface area (TPSA) is 43.8 Å². The van der Waals surface area contributed by atoms with Crippen LogP contribution in [-0.2, 0) is 6.54 Å². The summed E-state index contributed by atoms with van der Waals surface area (Å²) in [6, 6.07) is 7.86. The SMILES string of the molecule is CCCN1CCC(N(C)Cc2ccc(C(=O)O)cc2)CC1. The van der Waals surface area contributed by atoms with Crippen molar-refractivity contribution < 1.29 is 9.90 Å². The standard InChI is InChI=1S/C17H26N2O2/c1-3-10-19-11-8-16(9-12-19)18(2)13-14-4-6-15(7-5-14)17(20)21/h4-7,16H,3,8-13H2,1-2H3,(H,20,21). The molecule has 0 bridgehead atoms. The summed E-state index contributed by atoms with van der Waals surface area (Å²) in [6.07, 6.45) is 3.68. The van der Waals surface area contributed by atoms with Gasteiger partial charge < -0.3 is 10.0 Å². The molecule has 0 radical (unpaired) electrons. The molecule has 1 aromatic carbocycles. The van der Waals surface area contributed by atoms with E-state index in [2.05, 4.69) is 23.8 Å². The maximum absolute atomic E-state index is 10.9. The first-order valence-electron chi connectivity index (χ1n) is 7.85. The second kappa shape index (κ2) is 7.57. The van der Waals surface area contributed by atoms with Gasteiger partial charge in [-0.2, -0.15) is 0 Å². The van der Waals surface area contributed by atoms with Gasteiger partial charge in [-0.1, -0.05) is 19.1 Å². The van der Waals surface area contributed by atoms with Gasteiger partial charge in [0.05, 0.1) is 5.56 Å². The van der Waals surface area contributed by atoms with E-state index in [1.807, 2.05) is 12.1 Å². The van der Waals surface area contributed by atoms with Crippen LogP contribution in [-0.4, -0.2) is 53.6 Å². The minimum absolute atomic E-state index is 0.356. The molecule has 1 N–H and O–H groups in total. The van der Waals surface area contributed by atoms with Crippen LogP contribution in [0.4, 0.5) is 0 Å². The van der Waals surface area contributed by atoms with Crippen LogP contribution < -0.4 is 0 Å². The first-order chi connectivity index (χ1) is 10.1. The first kappa shape index (κ1) is 16.0. The van der Waals surface area contributed by atoms with Gasteiger partial charge in [0.2, 0.25) is 0 Å². The van der Waals surface area contributed by atoms with Crippen molar-refractivity contribution in [2.24, 2.45) is 0 Å². The predicted octanol–water partition coefficient (Wildman–Crippen LogP) is 2.69. The van der Waals surface area contributed by atoms with Gasteiger partial charge in [0.1, 0.15) is 0 Å². The fourth-order valence-electron chi connectivity index (χ4n) is 3.07. The Morgan fingerprint density at radius 1 is 1.29 bits per heavy atom. The fraction of sp³-hybridized carbons (Fsp3) is 0.588. The van der Waals surface area contributed by atoms with Crippen molar-refractivity contribution in [2.45, 2.75) is 38.8 Å². The Balaban J connectivity index is 1.84. The van der Waals surface area contributed by atoms with Crippen molar-refractivity contribution in [1.29, 1.82) is 0 Å². The van der Waals surface area contributed by atoms with Gasteiger partial charge >= 0.3 is 5.97 Å². The monoisotopic (exact) mass is 290 g/mol. The van der Waals surface area contributed by atoms with E-state index in [4.69, 9.17) is 5.11 Å². The third-order valence-corrected chi connectivity index (χ3v) is 4.35. The minimum Gasteiger partial charge on any atom is -0.478 e. The number of aromatic carboxylic acids is 1. The van der Waals surface area contributed by atoms with E-state index in [-0.39, 0.29) is 0 Å². The Bertz CT molecular complexity index is 450. The highest BCUT2D eigenvalue weighted by atomic mass is 16.4. The van der Waals surface area contributed by atoms with Gasteiger partial charge in [-0.25, -0.2) is 4.79 Å². The smallest absolute Gasteiger partial charge is 0.335 e. The normalized spacial score (nSPS) is 17.3. The first-order valence-corrected chi connectivity index (χ1v) is 7.85. The maximum atomic E-state index is 10.9. The molecule has 1 fully saturated rings. The van der Waals surface area contributed by atoms with Gasteiger partial charge in [-0.05, 0) is 63.6 Å². The van der Waals surface area contributed by atoms with E-state index in [1.54, 1.807) is 12.1 Å². The van der Waals surface area contributed by atoms with E-state index >= 15 is 0 Å². The predicted molar refractivity (Wildman–Crippen MR) is 84.6 cm³/mol. The molecular weight excluding hydrogens is 264 g/mol. The van der Waals surface area contributed by atoms with Crippen LogP contribution in [0.3, 0.4) is 0 Å². The summed E-state index contributed by atoms with van der Waals surface area (Å²) in [6.45, 7) is 6.73. The quantitative estimate of drug-likeness (QED) is 0.875. The maximum Gasteiger partial charge on any atom is 0.335 e. The molecule has 116 valence electrons. The van der Waals surface area contributed by atoms with Gasteiger partial charge in [0.15, 0.2) is 0 Å². The highest BCUT2D eigenvalue weighted by Crippen LogP contribution is 2.18. The Kier molecular flexibility index (Phi) is 5.76. The summed E-state index contributed by atoms with van der Waals surface area (Å²) in [4.78, 5) is 15.8. The minimum atomic E-state index is -0.863. The summed E-state index contributed by atoms with van der Waals surface area (Å²) in [5.74, 6) is -0.863. The number of carboxylic acid groups (broad SMARTS) is 1. The molecule has 1 aromatic rings. The molecule has 21 heavy (non-hydrogen) atoms. The van der Waals surface area contributed by atoms with Crippen LogP contribution in [0.1, 0.15) is 42.1 Å². The van der Waals surface area contributed by atoms with Crippen molar-refractivity contribution >= 4 is 5.97 Å². The number of rotatable bonds is 6. The molecule has 0 amide bonds. The lowest BCUT2D eigenvalue weighted by Crippen LogP contribution is -2.43. The Hall–Kier alpha value is -1.39. The second-order valence-electron chi connectivity index (χ2n) is 5.99.